The van der Waals surface area contributed by atoms with E-state index in [0.717, 1.165) is 24.8 Å². The summed E-state index contributed by atoms with van der Waals surface area (Å²) in [6.07, 6.45) is 4.25. The first-order chi connectivity index (χ1) is 30.7. The second-order valence-electron chi connectivity index (χ2n) is 21.2. The minimum absolute atomic E-state index is 0.000910. The van der Waals surface area contributed by atoms with Crippen molar-refractivity contribution in [2.45, 2.75) is 173 Å². The van der Waals surface area contributed by atoms with E-state index < -0.39 is 34.2 Å². The van der Waals surface area contributed by atoms with Crippen LogP contribution in [0.25, 0.3) is 32.9 Å². The molecule has 5 heterocycles. The van der Waals surface area contributed by atoms with E-state index in [1.165, 1.54) is 6.07 Å². The Morgan fingerprint density at radius 2 is 1.49 bits per heavy atom. The molecule has 2 atom stereocenters. The number of hydrogen-bond donors (Lipinski definition) is 0. The highest BCUT2D eigenvalue weighted by atomic mass is 28.4. The zero-order valence-electron chi connectivity index (χ0n) is 41.3. The zero-order valence-corrected chi connectivity index (χ0v) is 43.3. The van der Waals surface area contributed by atoms with Gasteiger partial charge in [0.15, 0.2) is 5.82 Å². The van der Waals surface area contributed by atoms with E-state index in [-0.39, 0.29) is 74.8 Å². The Morgan fingerprint density at radius 1 is 0.862 bits per heavy atom. The molecule has 0 spiro atoms. The van der Waals surface area contributed by atoms with Gasteiger partial charge in [-0.15, -0.1) is 0 Å². The van der Waals surface area contributed by atoms with Crippen LogP contribution in [0.2, 0.25) is 33.2 Å². The van der Waals surface area contributed by atoms with Crippen LogP contribution in [0.15, 0.2) is 30.5 Å². The van der Waals surface area contributed by atoms with Crippen molar-refractivity contribution in [2.75, 3.05) is 37.7 Å². The normalized spacial score (nSPS) is 20.2. The molecule has 4 aromatic rings. The molecule has 0 N–H and O–H groups in total. The number of alkyl halides is 1. The smallest absolute Gasteiger partial charge is 0.319 e. The summed E-state index contributed by atoms with van der Waals surface area (Å²) in [6.45, 7) is 30.6. The van der Waals surface area contributed by atoms with E-state index in [0.29, 0.717) is 78.8 Å². The Labute approximate surface area is 387 Å². The monoisotopic (exact) mass is 934 g/mol. The number of piperidine rings is 1. The molecule has 0 saturated carbocycles. The van der Waals surface area contributed by atoms with E-state index in [2.05, 4.69) is 92.9 Å². The van der Waals surface area contributed by atoms with Gasteiger partial charge in [-0.25, -0.2) is 13.2 Å². The molecule has 9 nitrogen and oxygen atoms in total. The Hall–Kier alpha value is -3.76. The highest BCUT2D eigenvalue weighted by Crippen LogP contribution is 2.47. The molecular formula is C51H74F3N5O4Si2. The molecule has 0 bridgehead atoms. The highest BCUT2D eigenvalue weighted by molar-refractivity contribution is 6.79. The third kappa shape index (κ3) is 8.82. The fraction of sp³-hybridized carbons (Fsp3) is 0.647. The van der Waals surface area contributed by atoms with Gasteiger partial charge in [-0.3, -0.25) is 14.7 Å². The number of nitrogens with zero attached hydrogens (tertiary/aromatic N) is 5. The first-order valence-corrected chi connectivity index (χ1v) is 28.8. The fourth-order valence-electron chi connectivity index (χ4n) is 12.7. The van der Waals surface area contributed by atoms with Crippen molar-refractivity contribution < 1.29 is 31.6 Å². The number of carbonyl (C=O) groups excluding carboxylic acids is 1. The molecule has 3 aliphatic heterocycles. The number of aromatic nitrogens is 3. The summed E-state index contributed by atoms with van der Waals surface area (Å²) in [4.78, 5) is 32.8. The second-order valence-corrected chi connectivity index (χ2v) is 32.0. The minimum Gasteiger partial charge on any atom is -0.543 e. The van der Waals surface area contributed by atoms with Crippen molar-refractivity contribution in [3.8, 4) is 23.0 Å². The van der Waals surface area contributed by atoms with Gasteiger partial charge in [-0.05, 0) is 106 Å². The van der Waals surface area contributed by atoms with Gasteiger partial charge in [-0.2, -0.15) is 9.97 Å². The number of fused-ring (bicyclic) bond motifs is 3. The number of benzene rings is 2. The van der Waals surface area contributed by atoms with Gasteiger partial charge in [0.25, 0.3) is 22.6 Å². The van der Waals surface area contributed by atoms with Crippen molar-refractivity contribution in [3.05, 3.63) is 47.7 Å². The second kappa shape index (κ2) is 19.1. The molecule has 7 rings (SSSR count). The van der Waals surface area contributed by atoms with Gasteiger partial charge in [0.1, 0.15) is 41.4 Å². The van der Waals surface area contributed by atoms with Crippen LogP contribution in [0.5, 0.6) is 11.8 Å². The van der Waals surface area contributed by atoms with Gasteiger partial charge in [0, 0.05) is 37.8 Å². The number of carbonyl (C=O) groups is 1. The van der Waals surface area contributed by atoms with E-state index >= 15 is 8.78 Å². The number of pyridine rings is 1. The summed E-state index contributed by atoms with van der Waals surface area (Å²) in [5, 5.41) is 1.72. The molecule has 0 radical (unpaired) electrons. The Bertz CT molecular complexity index is 2330. The molecule has 0 aliphatic carbocycles. The summed E-state index contributed by atoms with van der Waals surface area (Å²) in [5.74, 6) is -0.375. The Kier molecular flexibility index (Phi) is 14.4. The Morgan fingerprint density at radius 3 is 2.09 bits per heavy atom. The molecule has 356 valence electrons. The van der Waals surface area contributed by atoms with Crippen LogP contribution < -0.4 is 14.1 Å². The topological polar surface area (TPSA) is 89.9 Å². The molecule has 3 aliphatic rings. The average molecular weight is 934 g/mol. The third-order valence-corrected chi connectivity index (χ3v) is 27.7. The largest absolute Gasteiger partial charge is 0.543 e. The number of halogens is 3. The summed E-state index contributed by atoms with van der Waals surface area (Å²) >= 11 is 0. The Balaban J connectivity index is 1.33. The number of hydrogen-bond acceptors (Lipinski definition) is 9. The van der Waals surface area contributed by atoms with Crippen LogP contribution in [0, 0.1) is 17.6 Å². The lowest BCUT2D eigenvalue weighted by Crippen LogP contribution is -2.51. The predicted molar refractivity (Wildman–Crippen MR) is 262 cm³/mol. The average Bonchev–Trinajstić information content (AvgIpc) is 3.78. The van der Waals surface area contributed by atoms with E-state index in [1.54, 1.807) is 12.3 Å². The van der Waals surface area contributed by atoms with E-state index in [4.69, 9.17) is 28.5 Å². The van der Waals surface area contributed by atoms with Gasteiger partial charge in [0.2, 0.25) is 0 Å². The number of rotatable bonds is 16. The van der Waals surface area contributed by atoms with Crippen molar-refractivity contribution in [3.63, 3.8) is 0 Å². The van der Waals surface area contributed by atoms with Gasteiger partial charge >= 0.3 is 6.01 Å². The molecule has 3 fully saturated rings. The van der Waals surface area contributed by atoms with Crippen molar-refractivity contribution in [1.29, 1.82) is 0 Å². The molecule has 65 heavy (non-hydrogen) atoms. The SMILES string of the molecule is CCc1c(F)ccc2cc(O[Si](C(C)C)(C(C)C)C(C)C)cc(-c3ncc4c(N5CCC(C(=O)O[Si](C(C)C)(C(C)C)C(C)C)CC5)nc(OC[C@@]56CCCN5C[C@H](F)C6)nc4c3F)c12. The quantitative estimate of drug-likeness (QED) is 0.102. The lowest BCUT2D eigenvalue weighted by molar-refractivity contribution is -0.141. The zero-order chi connectivity index (χ0) is 47.3. The lowest BCUT2D eigenvalue weighted by Gasteiger charge is -2.43. The van der Waals surface area contributed by atoms with Gasteiger partial charge in [0.05, 0.1) is 16.8 Å². The van der Waals surface area contributed by atoms with Crippen LogP contribution in [0.1, 0.15) is 128 Å². The maximum Gasteiger partial charge on any atom is 0.319 e. The summed E-state index contributed by atoms with van der Waals surface area (Å²) in [6, 6.07) is 7.01. The maximum atomic E-state index is 17.9. The molecular weight excluding hydrogens is 860 g/mol. The van der Waals surface area contributed by atoms with Crippen LogP contribution in [-0.2, 0) is 15.6 Å². The van der Waals surface area contributed by atoms with Gasteiger partial charge < -0.3 is 18.5 Å². The minimum atomic E-state index is -2.46. The predicted octanol–water partition coefficient (Wildman–Crippen LogP) is 13.1. The van der Waals surface area contributed by atoms with Crippen molar-refractivity contribution in [1.82, 2.24) is 19.9 Å². The first kappa shape index (κ1) is 49.2. The van der Waals surface area contributed by atoms with E-state index in [1.807, 2.05) is 19.1 Å². The van der Waals surface area contributed by atoms with Crippen LogP contribution >= 0.6 is 0 Å². The molecule has 0 unspecified atom stereocenters. The van der Waals surface area contributed by atoms with Crippen LogP contribution in [0.4, 0.5) is 19.0 Å². The first-order valence-electron chi connectivity index (χ1n) is 24.5. The third-order valence-electron chi connectivity index (χ3n) is 15.7. The molecule has 2 aromatic carbocycles. The highest BCUT2D eigenvalue weighted by Gasteiger charge is 2.51. The number of anilines is 1. The van der Waals surface area contributed by atoms with Crippen LogP contribution in [0.3, 0.4) is 0 Å². The molecule has 2 aromatic heterocycles. The van der Waals surface area contributed by atoms with E-state index in [9.17, 15) is 9.18 Å². The summed E-state index contributed by atoms with van der Waals surface area (Å²) < 4.78 is 68.7. The lowest BCUT2D eigenvalue weighted by atomic mass is 9.94. The molecule has 0 amide bonds. The molecule has 3 saturated heterocycles. The standard InChI is InChI=1S/C51H74F3N5O4Si2/c1-14-40-43(53)17-16-37-24-39(62-64(30(2)3,31(4)5)32(6)7)25-41(44(37)40)46-45(54)47-42(27-55-46)48(57-50(56-47)61-29-51-20-15-21-59(51)28-38(52)26-51)58-22-18-36(19-23-58)49(60)63-65(33(8)9,34(10)11)35(12)13/h16-17,24-25,27,30-36,38H,14-15,18-23,26,28-29H2,1-13H3/t38-,51+/m1/s1. The number of ether oxygens (including phenoxy) is 1. The number of aryl methyl sites for hydroxylation is 1. The maximum absolute atomic E-state index is 17.9. The fourth-order valence-corrected chi connectivity index (χ4v) is 23.2. The van der Waals surface area contributed by atoms with Gasteiger partial charge in [-0.1, -0.05) is 96.1 Å². The summed E-state index contributed by atoms with van der Waals surface area (Å²) in [7, 11) is -4.90. The van der Waals surface area contributed by atoms with Crippen molar-refractivity contribution >= 4 is 50.1 Å². The van der Waals surface area contributed by atoms with Crippen LogP contribution in [-0.4, -0.2) is 87.0 Å². The molecule has 14 heteroatoms. The van der Waals surface area contributed by atoms with Crippen molar-refractivity contribution in [2.24, 2.45) is 5.92 Å². The summed E-state index contributed by atoms with van der Waals surface area (Å²) in [5.41, 5.74) is 2.16.